The lowest BCUT2D eigenvalue weighted by atomic mass is 9.62. The minimum atomic E-state index is -2.57. The predicted molar refractivity (Wildman–Crippen MR) is 80.6 cm³/mol. The monoisotopic (exact) mass is 343 g/mol. The minimum absolute atomic E-state index is 0.0862. The Morgan fingerprint density at radius 2 is 2.12 bits per heavy atom. The van der Waals surface area contributed by atoms with E-state index in [9.17, 15) is 18.0 Å². The molecule has 0 radical (unpaired) electrons. The third kappa shape index (κ3) is 4.10. The van der Waals surface area contributed by atoms with E-state index in [0.717, 1.165) is 12.8 Å². The standard InChI is InChI=1S/C16H20F3N3O2/c17-12-6-13(11-4-10(12)5-11)22-16(23)21-7-9-1-2-20-15(3-9)24-8-14(18)19/h1-3,10-14H,4-8H2,(H2,21,22,23)/t10?,11?,12-,13+/m0/s1. The molecular formula is C16H20F3N3O2. The number of carbonyl (C=O) groups excluding carboxylic acids is 1. The zero-order chi connectivity index (χ0) is 17.1. The number of ether oxygens (including phenoxy) is 1. The first-order valence-corrected chi connectivity index (χ1v) is 8.05. The third-order valence-electron chi connectivity index (χ3n) is 4.70. The molecule has 1 aromatic rings. The van der Waals surface area contributed by atoms with Gasteiger partial charge in [0.2, 0.25) is 5.88 Å². The van der Waals surface area contributed by atoms with Crippen molar-refractivity contribution in [3.63, 3.8) is 0 Å². The van der Waals surface area contributed by atoms with Crippen LogP contribution in [-0.4, -0.2) is 36.3 Å². The third-order valence-corrected chi connectivity index (χ3v) is 4.70. The van der Waals surface area contributed by atoms with Crippen molar-refractivity contribution in [2.24, 2.45) is 11.8 Å². The number of hydrogen-bond donors (Lipinski definition) is 2. The van der Waals surface area contributed by atoms with Gasteiger partial charge in [0, 0.05) is 24.8 Å². The SMILES string of the molecule is O=C(NCc1ccnc(OCC(F)F)c1)N[C@@H]1C[C@H](F)C2CC1C2. The maximum atomic E-state index is 13.7. The molecule has 132 valence electrons. The highest BCUT2D eigenvalue weighted by molar-refractivity contribution is 5.74. The van der Waals surface area contributed by atoms with Crippen LogP contribution in [0.15, 0.2) is 18.3 Å². The van der Waals surface area contributed by atoms with E-state index >= 15 is 0 Å². The van der Waals surface area contributed by atoms with Crippen molar-refractivity contribution in [3.05, 3.63) is 23.9 Å². The van der Waals surface area contributed by atoms with Crippen LogP contribution in [0.5, 0.6) is 5.88 Å². The summed E-state index contributed by atoms with van der Waals surface area (Å²) in [7, 11) is 0. The van der Waals surface area contributed by atoms with Crippen LogP contribution in [0.2, 0.25) is 0 Å². The second-order valence-corrected chi connectivity index (χ2v) is 6.38. The molecule has 1 aromatic heterocycles. The molecule has 3 fully saturated rings. The fourth-order valence-electron chi connectivity index (χ4n) is 3.33. The van der Waals surface area contributed by atoms with E-state index in [1.165, 1.54) is 12.3 Å². The Hall–Kier alpha value is -1.99. The van der Waals surface area contributed by atoms with Crippen molar-refractivity contribution in [2.75, 3.05) is 6.61 Å². The second-order valence-electron chi connectivity index (χ2n) is 6.38. The highest BCUT2D eigenvalue weighted by atomic mass is 19.3. The van der Waals surface area contributed by atoms with E-state index in [4.69, 9.17) is 4.74 Å². The van der Waals surface area contributed by atoms with Gasteiger partial charge in [0.25, 0.3) is 6.43 Å². The van der Waals surface area contributed by atoms with Gasteiger partial charge in [0.1, 0.15) is 6.17 Å². The fourth-order valence-corrected chi connectivity index (χ4v) is 3.33. The number of nitrogens with one attached hydrogen (secondary N) is 2. The number of alkyl halides is 3. The highest BCUT2D eigenvalue weighted by Crippen LogP contribution is 2.46. The summed E-state index contributed by atoms with van der Waals surface area (Å²) in [5.74, 6) is 0.644. The van der Waals surface area contributed by atoms with Gasteiger partial charge in [-0.15, -0.1) is 0 Å². The molecule has 8 heteroatoms. The summed E-state index contributed by atoms with van der Waals surface area (Å²) in [4.78, 5) is 15.8. The van der Waals surface area contributed by atoms with E-state index in [1.807, 2.05) is 0 Å². The number of rotatable bonds is 6. The first-order valence-electron chi connectivity index (χ1n) is 8.05. The van der Waals surface area contributed by atoms with Crippen LogP contribution in [0.1, 0.15) is 24.8 Å². The van der Waals surface area contributed by atoms with Crippen LogP contribution in [0.4, 0.5) is 18.0 Å². The van der Waals surface area contributed by atoms with Crippen LogP contribution in [0.25, 0.3) is 0 Å². The summed E-state index contributed by atoms with van der Waals surface area (Å²) in [6.45, 7) is -0.517. The van der Waals surface area contributed by atoms with Gasteiger partial charge >= 0.3 is 6.03 Å². The summed E-state index contributed by atoms with van der Waals surface area (Å²) >= 11 is 0. The van der Waals surface area contributed by atoms with Crippen LogP contribution in [0.3, 0.4) is 0 Å². The van der Waals surface area contributed by atoms with Gasteiger partial charge in [0.15, 0.2) is 6.61 Å². The van der Waals surface area contributed by atoms with Gasteiger partial charge < -0.3 is 15.4 Å². The molecule has 3 saturated carbocycles. The lowest BCUT2D eigenvalue weighted by molar-refractivity contribution is -0.000224. The number of fused-ring (bicyclic) bond motifs is 2. The van der Waals surface area contributed by atoms with Gasteiger partial charge in [-0.1, -0.05) is 0 Å². The quantitative estimate of drug-likeness (QED) is 0.835. The Balaban J connectivity index is 1.45. The minimum Gasteiger partial charge on any atom is -0.472 e. The number of urea groups is 1. The number of halogens is 3. The van der Waals surface area contributed by atoms with Gasteiger partial charge in [-0.2, -0.15) is 0 Å². The Morgan fingerprint density at radius 1 is 1.33 bits per heavy atom. The first-order chi connectivity index (χ1) is 11.5. The predicted octanol–water partition coefficient (Wildman–Crippen LogP) is 2.66. The average Bonchev–Trinajstić information content (AvgIpc) is 2.50. The Bertz CT molecular complexity index is 581. The summed E-state index contributed by atoms with van der Waals surface area (Å²) < 4.78 is 42.8. The molecule has 2 N–H and O–H groups in total. The van der Waals surface area contributed by atoms with Gasteiger partial charge in [-0.3, -0.25) is 0 Å². The molecule has 2 amide bonds. The largest absolute Gasteiger partial charge is 0.472 e. The lowest BCUT2D eigenvalue weighted by Gasteiger charge is -2.48. The van der Waals surface area contributed by atoms with Crippen LogP contribution < -0.4 is 15.4 Å². The molecule has 24 heavy (non-hydrogen) atoms. The van der Waals surface area contributed by atoms with E-state index in [0.29, 0.717) is 17.9 Å². The zero-order valence-corrected chi connectivity index (χ0v) is 13.1. The van der Waals surface area contributed by atoms with Crippen molar-refractivity contribution in [1.29, 1.82) is 0 Å². The van der Waals surface area contributed by atoms with Crippen LogP contribution in [-0.2, 0) is 6.54 Å². The van der Waals surface area contributed by atoms with Crippen molar-refractivity contribution in [3.8, 4) is 5.88 Å². The zero-order valence-electron chi connectivity index (χ0n) is 13.1. The Kier molecular flexibility index (Phi) is 5.11. The topological polar surface area (TPSA) is 63.2 Å². The molecule has 2 atom stereocenters. The van der Waals surface area contributed by atoms with Gasteiger partial charge in [0.05, 0.1) is 0 Å². The normalized spacial score (nSPS) is 28.2. The second kappa shape index (κ2) is 7.27. The maximum absolute atomic E-state index is 13.7. The van der Waals surface area contributed by atoms with Gasteiger partial charge in [-0.05, 0) is 42.7 Å². The smallest absolute Gasteiger partial charge is 0.315 e. The van der Waals surface area contributed by atoms with E-state index < -0.39 is 19.2 Å². The van der Waals surface area contributed by atoms with Crippen LogP contribution in [0, 0.1) is 11.8 Å². The molecule has 0 spiro atoms. The Morgan fingerprint density at radius 3 is 2.83 bits per heavy atom. The van der Waals surface area contributed by atoms with E-state index in [-0.39, 0.29) is 30.4 Å². The number of pyridine rings is 1. The number of amides is 2. The molecule has 0 aromatic carbocycles. The molecule has 0 unspecified atom stereocenters. The maximum Gasteiger partial charge on any atom is 0.315 e. The van der Waals surface area contributed by atoms with Gasteiger partial charge in [-0.25, -0.2) is 22.9 Å². The summed E-state index contributed by atoms with van der Waals surface area (Å²) in [6, 6.07) is 2.68. The molecule has 0 saturated heterocycles. The summed E-state index contributed by atoms with van der Waals surface area (Å²) in [6.07, 6.45) is 0.112. The lowest BCUT2D eigenvalue weighted by Crippen LogP contribution is -2.55. The van der Waals surface area contributed by atoms with E-state index in [2.05, 4.69) is 15.6 Å². The molecule has 3 aliphatic rings. The molecular weight excluding hydrogens is 323 g/mol. The molecule has 3 aliphatic carbocycles. The molecule has 5 nitrogen and oxygen atoms in total. The van der Waals surface area contributed by atoms with Crippen molar-refractivity contribution in [2.45, 2.75) is 44.4 Å². The number of nitrogens with zero attached hydrogens (tertiary/aromatic N) is 1. The fraction of sp³-hybridized carbons (Fsp3) is 0.625. The van der Waals surface area contributed by atoms with Crippen LogP contribution >= 0.6 is 0 Å². The van der Waals surface area contributed by atoms with Crippen molar-refractivity contribution < 1.29 is 22.7 Å². The Labute approximate surface area is 138 Å². The molecule has 1 heterocycles. The van der Waals surface area contributed by atoms with E-state index in [1.54, 1.807) is 6.07 Å². The molecule has 0 aliphatic heterocycles. The summed E-state index contributed by atoms with van der Waals surface area (Å²) in [5, 5.41) is 5.51. The molecule has 2 bridgehead atoms. The first kappa shape index (κ1) is 16.9. The average molecular weight is 343 g/mol. The number of carbonyl (C=O) groups is 1. The molecule has 4 rings (SSSR count). The number of hydrogen-bond acceptors (Lipinski definition) is 3. The number of aromatic nitrogens is 1. The van der Waals surface area contributed by atoms with Crippen molar-refractivity contribution in [1.82, 2.24) is 15.6 Å². The summed E-state index contributed by atoms with van der Waals surface area (Å²) in [5.41, 5.74) is 0.681. The highest BCUT2D eigenvalue weighted by Gasteiger charge is 2.46. The van der Waals surface area contributed by atoms with Crippen molar-refractivity contribution >= 4 is 6.03 Å².